The fourth-order valence-electron chi connectivity index (χ4n) is 4.71. The van der Waals surface area contributed by atoms with Crippen LogP contribution in [0.15, 0.2) is 103 Å². The minimum absolute atomic E-state index is 0.0493. The van der Waals surface area contributed by atoms with E-state index in [2.05, 4.69) is 0 Å². The van der Waals surface area contributed by atoms with E-state index in [0.717, 1.165) is 28.8 Å². The summed E-state index contributed by atoms with van der Waals surface area (Å²) in [6.45, 7) is 1.05. The molecule has 1 aliphatic heterocycles. The van der Waals surface area contributed by atoms with Crippen LogP contribution in [0.3, 0.4) is 0 Å². The molecule has 202 valence electrons. The van der Waals surface area contributed by atoms with Gasteiger partial charge in [-0.2, -0.15) is 13.2 Å². The standard InChI is InChI=1S/C33H26F3NO3/c34-33(35,36)27-16-13-24(14-17-27)29-10-4-5-11-30(29)32(39)40-28-18-15-26-22-37(20-19-25(26)21-28)31(38)12-6-9-23-7-2-1-3-8-23/h1-11,13-18,21H,12,19-20,22H2. The number of carbonyl (C=O) groups excluding carboxylic acids is 2. The maximum absolute atomic E-state index is 13.1. The molecule has 40 heavy (non-hydrogen) atoms. The highest BCUT2D eigenvalue weighted by molar-refractivity contribution is 5.98. The second kappa shape index (κ2) is 11.6. The summed E-state index contributed by atoms with van der Waals surface area (Å²) in [4.78, 5) is 27.6. The first-order valence-electron chi connectivity index (χ1n) is 12.9. The van der Waals surface area contributed by atoms with Crippen molar-refractivity contribution in [2.24, 2.45) is 0 Å². The molecule has 1 heterocycles. The first kappa shape index (κ1) is 26.9. The summed E-state index contributed by atoms with van der Waals surface area (Å²) < 4.78 is 44.6. The van der Waals surface area contributed by atoms with Crippen LogP contribution < -0.4 is 4.74 Å². The molecule has 1 amide bonds. The van der Waals surface area contributed by atoms with Crippen molar-refractivity contribution in [3.63, 3.8) is 0 Å². The number of benzene rings is 4. The minimum Gasteiger partial charge on any atom is -0.423 e. The molecule has 4 aromatic rings. The van der Waals surface area contributed by atoms with E-state index in [1.54, 1.807) is 30.3 Å². The normalized spacial score (nSPS) is 13.2. The zero-order valence-electron chi connectivity index (χ0n) is 21.5. The number of fused-ring (bicyclic) bond motifs is 1. The molecule has 0 atom stereocenters. The van der Waals surface area contributed by atoms with E-state index in [-0.39, 0.29) is 11.5 Å². The van der Waals surface area contributed by atoms with E-state index in [4.69, 9.17) is 4.74 Å². The van der Waals surface area contributed by atoms with Crippen LogP contribution in [0.1, 0.15) is 39.0 Å². The largest absolute Gasteiger partial charge is 0.423 e. The fourth-order valence-corrected chi connectivity index (χ4v) is 4.71. The van der Waals surface area contributed by atoms with Gasteiger partial charge in [-0.05, 0) is 64.6 Å². The van der Waals surface area contributed by atoms with Crippen LogP contribution >= 0.6 is 0 Å². The van der Waals surface area contributed by atoms with Gasteiger partial charge in [0.1, 0.15) is 5.75 Å². The number of hydrogen-bond acceptors (Lipinski definition) is 3. The van der Waals surface area contributed by atoms with Gasteiger partial charge in [0.25, 0.3) is 0 Å². The lowest BCUT2D eigenvalue weighted by Gasteiger charge is -2.29. The van der Waals surface area contributed by atoms with E-state index in [9.17, 15) is 22.8 Å². The highest BCUT2D eigenvalue weighted by Crippen LogP contribution is 2.32. The van der Waals surface area contributed by atoms with Gasteiger partial charge in [-0.15, -0.1) is 0 Å². The molecule has 0 aromatic heterocycles. The second-order valence-corrected chi connectivity index (χ2v) is 9.52. The molecule has 0 fully saturated rings. The average molecular weight is 542 g/mol. The van der Waals surface area contributed by atoms with Crippen molar-refractivity contribution in [3.8, 4) is 16.9 Å². The third kappa shape index (κ3) is 6.31. The Morgan fingerprint density at radius 3 is 2.33 bits per heavy atom. The Balaban J connectivity index is 1.24. The Hall–Kier alpha value is -4.65. The van der Waals surface area contributed by atoms with Crippen molar-refractivity contribution in [2.45, 2.75) is 25.6 Å². The molecular formula is C33H26F3NO3. The van der Waals surface area contributed by atoms with Crippen molar-refractivity contribution < 1.29 is 27.5 Å². The van der Waals surface area contributed by atoms with Crippen molar-refractivity contribution in [3.05, 3.63) is 131 Å². The quantitative estimate of drug-likeness (QED) is 0.187. The molecule has 5 rings (SSSR count). The second-order valence-electron chi connectivity index (χ2n) is 9.52. The summed E-state index contributed by atoms with van der Waals surface area (Å²) in [5.41, 5.74) is 3.50. The van der Waals surface area contributed by atoms with Crippen molar-refractivity contribution in [1.82, 2.24) is 4.90 Å². The number of esters is 1. The van der Waals surface area contributed by atoms with E-state index >= 15 is 0 Å². The van der Waals surface area contributed by atoms with Crippen LogP contribution in [0.25, 0.3) is 17.2 Å². The lowest BCUT2D eigenvalue weighted by molar-refractivity contribution is -0.137. The average Bonchev–Trinajstić information content (AvgIpc) is 2.97. The maximum atomic E-state index is 13.1. The number of alkyl halides is 3. The lowest BCUT2D eigenvalue weighted by atomic mass is 9.98. The van der Waals surface area contributed by atoms with Gasteiger partial charge >= 0.3 is 12.1 Å². The summed E-state index contributed by atoms with van der Waals surface area (Å²) in [7, 11) is 0. The van der Waals surface area contributed by atoms with Crippen LogP contribution in [0.2, 0.25) is 0 Å². The van der Waals surface area contributed by atoms with Gasteiger partial charge in [-0.3, -0.25) is 4.79 Å². The highest BCUT2D eigenvalue weighted by atomic mass is 19.4. The molecule has 0 N–H and O–H groups in total. The third-order valence-corrected chi connectivity index (χ3v) is 6.83. The van der Waals surface area contributed by atoms with Gasteiger partial charge in [0, 0.05) is 19.5 Å². The van der Waals surface area contributed by atoms with E-state index < -0.39 is 17.7 Å². The molecule has 0 saturated heterocycles. The first-order valence-corrected chi connectivity index (χ1v) is 12.9. The van der Waals surface area contributed by atoms with Crippen LogP contribution in [-0.4, -0.2) is 23.3 Å². The van der Waals surface area contributed by atoms with E-state index in [1.165, 1.54) is 12.1 Å². The molecule has 0 saturated carbocycles. The van der Waals surface area contributed by atoms with Gasteiger partial charge in [0.15, 0.2) is 0 Å². The Kier molecular flexibility index (Phi) is 7.82. The molecule has 0 spiro atoms. The van der Waals surface area contributed by atoms with Crippen LogP contribution in [0.4, 0.5) is 13.2 Å². The number of nitrogens with zero attached hydrogens (tertiary/aromatic N) is 1. The van der Waals surface area contributed by atoms with Crippen molar-refractivity contribution in [1.29, 1.82) is 0 Å². The number of carbonyl (C=O) groups is 2. The molecule has 0 radical (unpaired) electrons. The SMILES string of the molecule is O=C(Oc1ccc2c(c1)CCN(C(=O)CC=Cc1ccccc1)C2)c1ccccc1-c1ccc(C(F)(F)F)cc1. The van der Waals surface area contributed by atoms with Crippen molar-refractivity contribution >= 4 is 18.0 Å². The summed E-state index contributed by atoms with van der Waals surface area (Å²) in [6.07, 6.45) is 0.326. The summed E-state index contributed by atoms with van der Waals surface area (Å²) in [6, 6.07) is 26.5. The number of halogens is 3. The van der Waals surface area contributed by atoms with Gasteiger partial charge in [0.05, 0.1) is 11.1 Å². The Bertz CT molecular complexity index is 1540. The van der Waals surface area contributed by atoms with Crippen molar-refractivity contribution in [2.75, 3.05) is 6.54 Å². The minimum atomic E-state index is -4.44. The topological polar surface area (TPSA) is 46.6 Å². The van der Waals surface area contributed by atoms with Gasteiger partial charge in [-0.1, -0.05) is 78.9 Å². The first-order chi connectivity index (χ1) is 19.3. The summed E-state index contributed by atoms with van der Waals surface area (Å²) in [5, 5.41) is 0. The van der Waals surface area contributed by atoms with Crippen LogP contribution in [-0.2, 0) is 23.9 Å². The third-order valence-electron chi connectivity index (χ3n) is 6.83. The molecule has 0 unspecified atom stereocenters. The molecule has 4 aromatic carbocycles. The maximum Gasteiger partial charge on any atom is 0.416 e. The van der Waals surface area contributed by atoms with Gasteiger partial charge in [0.2, 0.25) is 5.91 Å². The highest BCUT2D eigenvalue weighted by Gasteiger charge is 2.30. The molecule has 0 aliphatic carbocycles. The number of ether oxygens (including phenoxy) is 1. The Morgan fingerprint density at radius 2 is 1.57 bits per heavy atom. The summed E-state index contributed by atoms with van der Waals surface area (Å²) >= 11 is 0. The number of hydrogen-bond donors (Lipinski definition) is 0. The van der Waals surface area contributed by atoms with E-state index in [0.29, 0.717) is 42.8 Å². The predicted octanol–water partition coefficient (Wildman–Crippen LogP) is 7.58. The zero-order valence-corrected chi connectivity index (χ0v) is 21.5. The molecule has 0 bridgehead atoms. The monoisotopic (exact) mass is 541 g/mol. The Labute approximate surface area is 230 Å². The zero-order chi connectivity index (χ0) is 28.1. The lowest BCUT2D eigenvalue weighted by Crippen LogP contribution is -2.35. The molecule has 7 heteroatoms. The van der Waals surface area contributed by atoms with Crippen LogP contribution in [0, 0.1) is 0 Å². The Morgan fingerprint density at radius 1 is 0.850 bits per heavy atom. The fraction of sp³-hybridized carbons (Fsp3) is 0.152. The van der Waals surface area contributed by atoms with Gasteiger partial charge < -0.3 is 9.64 Å². The summed E-state index contributed by atoms with van der Waals surface area (Å²) in [5.74, 6) is -0.182. The molecule has 1 aliphatic rings. The van der Waals surface area contributed by atoms with Crippen LogP contribution in [0.5, 0.6) is 5.75 Å². The number of rotatable bonds is 6. The molecule has 4 nitrogen and oxygen atoms in total. The van der Waals surface area contributed by atoms with Gasteiger partial charge in [-0.25, -0.2) is 4.79 Å². The predicted molar refractivity (Wildman–Crippen MR) is 147 cm³/mol. The van der Waals surface area contributed by atoms with E-state index in [1.807, 2.05) is 59.5 Å². The number of amides is 1. The smallest absolute Gasteiger partial charge is 0.416 e. The molecular weight excluding hydrogens is 515 g/mol.